The summed E-state index contributed by atoms with van der Waals surface area (Å²) in [5.74, 6) is 0.831. The van der Waals surface area contributed by atoms with Crippen molar-refractivity contribution in [3.8, 4) is 11.5 Å². The van der Waals surface area contributed by atoms with Gasteiger partial charge in [-0.3, -0.25) is 9.69 Å². The van der Waals surface area contributed by atoms with Crippen molar-refractivity contribution in [2.45, 2.75) is 13.5 Å². The Morgan fingerprint density at radius 2 is 1.72 bits per heavy atom. The maximum absolute atomic E-state index is 13.1. The van der Waals surface area contributed by atoms with E-state index in [0.717, 1.165) is 27.6 Å². The first-order valence-electron chi connectivity index (χ1n) is 11.4. The molecule has 0 aromatic heterocycles. The molecule has 0 radical (unpaired) electrons. The highest BCUT2D eigenvalue weighted by atomic mass is 35.5. The zero-order chi connectivity index (χ0) is 25.1. The number of amides is 1. The summed E-state index contributed by atoms with van der Waals surface area (Å²) in [5, 5.41) is 2.69. The minimum Gasteiger partial charge on any atom is -0.490 e. The van der Waals surface area contributed by atoms with E-state index >= 15 is 0 Å². The van der Waals surface area contributed by atoms with Crippen molar-refractivity contribution in [1.82, 2.24) is 0 Å². The quantitative estimate of drug-likeness (QED) is 0.179. The average Bonchev–Trinajstić information content (AvgIpc) is 3.16. The highest BCUT2D eigenvalue weighted by Crippen LogP contribution is 2.40. The van der Waals surface area contributed by atoms with E-state index < -0.39 is 0 Å². The fourth-order valence-corrected chi connectivity index (χ4v) is 5.63. The number of carbonyl (C=O) groups is 1. The predicted octanol–water partition coefficient (Wildman–Crippen LogP) is 7.88. The Morgan fingerprint density at radius 1 is 0.972 bits per heavy atom. The lowest BCUT2D eigenvalue weighted by atomic mass is 10.1. The number of fused-ring (bicyclic) bond motifs is 1. The summed E-state index contributed by atoms with van der Waals surface area (Å²) in [6, 6.07) is 27.3. The molecule has 0 bridgehead atoms. The second-order valence-electron chi connectivity index (χ2n) is 8.04. The minimum absolute atomic E-state index is 0.165. The lowest BCUT2D eigenvalue weighted by Gasteiger charge is -2.16. The van der Waals surface area contributed by atoms with Crippen LogP contribution in [0, 0.1) is 0 Å². The smallest absolute Gasteiger partial charge is 0.270 e. The SMILES string of the molecule is CCOc1cc(/C=C2/SC(=S)N(c3ccccc3)C2=O)cc(Cl)c1OCc1cccc2ccccc12. The summed E-state index contributed by atoms with van der Waals surface area (Å²) >= 11 is 13.4. The molecule has 1 fully saturated rings. The number of para-hydroxylation sites is 1. The number of hydrogen-bond donors (Lipinski definition) is 0. The van der Waals surface area contributed by atoms with E-state index in [4.69, 9.17) is 33.3 Å². The molecule has 7 heteroatoms. The number of nitrogens with zero attached hydrogens (tertiary/aromatic N) is 1. The molecule has 36 heavy (non-hydrogen) atoms. The van der Waals surface area contributed by atoms with Crippen LogP contribution in [0.25, 0.3) is 16.8 Å². The Kier molecular flexibility index (Phi) is 7.28. The number of anilines is 1. The third-order valence-corrected chi connectivity index (χ3v) is 7.27. The van der Waals surface area contributed by atoms with E-state index in [1.54, 1.807) is 17.0 Å². The Labute approximate surface area is 224 Å². The van der Waals surface area contributed by atoms with Gasteiger partial charge in [0.2, 0.25) is 0 Å². The second-order valence-corrected chi connectivity index (χ2v) is 10.1. The number of carbonyl (C=O) groups excluding carboxylic acids is 1. The van der Waals surface area contributed by atoms with Crippen LogP contribution in [0.5, 0.6) is 11.5 Å². The summed E-state index contributed by atoms with van der Waals surface area (Å²) in [7, 11) is 0. The topological polar surface area (TPSA) is 38.8 Å². The number of hydrogen-bond acceptors (Lipinski definition) is 5. The van der Waals surface area contributed by atoms with Gasteiger partial charge in [0.05, 0.1) is 22.2 Å². The van der Waals surface area contributed by atoms with E-state index in [0.29, 0.717) is 39.0 Å². The lowest BCUT2D eigenvalue weighted by Crippen LogP contribution is -2.27. The van der Waals surface area contributed by atoms with Gasteiger partial charge in [-0.1, -0.05) is 96.2 Å². The lowest BCUT2D eigenvalue weighted by molar-refractivity contribution is -0.113. The molecule has 1 aliphatic heterocycles. The van der Waals surface area contributed by atoms with Crippen LogP contribution in [0.3, 0.4) is 0 Å². The summed E-state index contributed by atoms with van der Waals surface area (Å²) in [6.45, 7) is 2.69. The van der Waals surface area contributed by atoms with Crippen LogP contribution in [-0.4, -0.2) is 16.8 Å². The van der Waals surface area contributed by atoms with Gasteiger partial charge < -0.3 is 9.47 Å². The molecule has 1 saturated heterocycles. The van der Waals surface area contributed by atoms with Crippen LogP contribution in [0.15, 0.2) is 89.8 Å². The Morgan fingerprint density at radius 3 is 2.53 bits per heavy atom. The molecule has 4 aromatic rings. The zero-order valence-electron chi connectivity index (χ0n) is 19.4. The first kappa shape index (κ1) is 24.4. The van der Waals surface area contributed by atoms with Crippen molar-refractivity contribution >= 4 is 68.3 Å². The van der Waals surface area contributed by atoms with Crippen molar-refractivity contribution in [2.24, 2.45) is 0 Å². The van der Waals surface area contributed by atoms with Crippen LogP contribution in [0.1, 0.15) is 18.1 Å². The van der Waals surface area contributed by atoms with Gasteiger partial charge >= 0.3 is 0 Å². The van der Waals surface area contributed by atoms with Crippen molar-refractivity contribution in [3.63, 3.8) is 0 Å². The Bertz CT molecular complexity index is 1480. The van der Waals surface area contributed by atoms with Crippen molar-refractivity contribution in [3.05, 3.63) is 106 Å². The van der Waals surface area contributed by atoms with Crippen LogP contribution in [0.2, 0.25) is 5.02 Å². The number of halogens is 1. The molecule has 180 valence electrons. The van der Waals surface area contributed by atoms with Crippen LogP contribution < -0.4 is 14.4 Å². The fraction of sp³-hybridized carbons (Fsp3) is 0.103. The summed E-state index contributed by atoms with van der Waals surface area (Å²) in [5.41, 5.74) is 2.53. The molecule has 0 aliphatic carbocycles. The van der Waals surface area contributed by atoms with Crippen LogP contribution >= 0.6 is 35.6 Å². The standard InChI is InChI=1S/C29H22ClNO3S2/c1-2-33-25-16-19(17-26-28(32)31(29(35)36-26)22-12-4-3-5-13-22)15-24(30)27(25)34-18-21-11-8-10-20-9-6-7-14-23(20)21/h3-17H,2,18H2,1H3/b26-17+. The summed E-state index contributed by atoms with van der Waals surface area (Å²) in [6.07, 6.45) is 1.78. The summed E-state index contributed by atoms with van der Waals surface area (Å²) < 4.78 is 12.5. The van der Waals surface area contributed by atoms with Gasteiger partial charge in [-0.2, -0.15) is 0 Å². The third kappa shape index (κ3) is 4.98. The highest BCUT2D eigenvalue weighted by molar-refractivity contribution is 8.27. The van der Waals surface area contributed by atoms with Crippen LogP contribution in [-0.2, 0) is 11.4 Å². The number of benzene rings is 4. The van der Waals surface area contributed by atoms with Gasteiger partial charge in [-0.15, -0.1) is 0 Å². The normalized spacial score (nSPS) is 14.6. The van der Waals surface area contributed by atoms with E-state index in [-0.39, 0.29) is 5.91 Å². The third-order valence-electron chi connectivity index (χ3n) is 5.69. The largest absolute Gasteiger partial charge is 0.490 e. The van der Waals surface area contributed by atoms with E-state index in [1.165, 1.54) is 11.8 Å². The number of thioether (sulfide) groups is 1. The van der Waals surface area contributed by atoms with E-state index in [9.17, 15) is 4.79 Å². The molecule has 0 saturated carbocycles. The van der Waals surface area contributed by atoms with Crippen molar-refractivity contribution in [2.75, 3.05) is 11.5 Å². The first-order valence-corrected chi connectivity index (χ1v) is 13.0. The molecule has 4 nitrogen and oxygen atoms in total. The molecular weight excluding hydrogens is 510 g/mol. The summed E-state index contributed by atoms with van der Waals surface area (Å²) in [4.78, 5) is 15.2. The van der Waals surface area contributed by atoms with Gasteiger partial charge in [0, 0.05) is 0 Å². The number of ether oxygens (including phenoxy) is 2. The average molecular weight is 532 g/mol. The molecule has 4 aromatic carbocycles. The molecule has 1 aliphatic rings. The number of thiocarbonyl (C=S) groups is 1. The monoisotopic (exact) mass is 531 g/mol. The second kappa shape index (κ2) is 10.7. The molecule has 0 spiro atoms. The minimum atomic E-state index is -0.165. The van der Waals surface area contributed by atoms with Gasteiger partial charge in [0.15, 0.2) is 15.8 Å². The molecule has 1 amide bonds. The highest BCUT2D eigenvalue weighted by Gasteiger charge is 2.33. The Hall–Kier alpha value is -3.32. The van der Waals surface area contributed by atoms with Crippen molar-refractivity contribution in [1.29, 1.82) is 0 Å². The van der Waals surface area contributed by atoms with Gasteiger partial charge in [-0.05, 0) is 59.2 Å². The maximum atomic E-state index is 13.1. The Balaban J connectivity index is 1.42. The van der Waals surface area contributed by atoms with E-state index in [1.807, 2.05) is 67.6 Å². The maximum Gasteiger partial charge on any atom is 0.270 e. The predicted molar refractivity (Wildman–Crippen MR) is 153 cm³/mol. The zero-order valence-corrected chi connectivity index (χ0v) is 21.8. The number of rotatable bonds is 7. The molecular formula is C29H22ClNO3S2. The van der Waals surface area contributed by atoms with Gasteiger partial charge in [0.1, 0.15) is 6.61 Å². The molecule has 5 rings (SSSR count). The molecule has 0 unspecified atom stereocenters. The molecule has 0 N–H and O–H groups in total. The molecule has 1 heterocycles. The first-order chi connectivity index (χ1) is 17.5. The van der Waals surface area contributed by atoms with Crippen molar-refractivity contribution < 1.29 is 14.3 Å². The van der Waals surface area contributed by atoms with Crippen LogP contribution in [0.4, 0.5) is 5.69 Å². The van der Waals surface area contributed by atoms with E-state index in [2.05, 4.69) is 18.2 Å². The molecule has 0 atom stereocenters. The van der Waals surface area contributed by atoms with Gasteiger partial charge in [-0.25, -0.2) is 0 Å². The van der Waals surface area contributed by atoms with Gasteiger partial charge in [0.25, 0.3) is 5.91 Å². The fourth-order valence-electron chi connectivity index (χ4n) is 4.06.